The number of nitrogens with zero attached hydrogens (tertiary/aromatic N) is 1. The Morgan fingerprint density at radius 1 is 1.44 bits per heavy atom. The van der Waals surface area contributed by atoms with Crippen LogP contribution in [0.5, 0.6) is 0 Å². The van der Waals surface area contributed by atoms with Crippen LogP contribution in [0.1, 0.15) is 0 Å². The molecule has 1 aromatic carbocycles. The second-order valence-corrected chi connectivity index (χ2v) is 3.39. The maximum atomic E-state index is 11.3. The molecule has 0 atom stereocenters. The highest BCUT2D eigenvalue weighted by molar-refractivity contribution is 5.94. The van der Waals surface area contributed by atoms with Gasteiger partial charge in [0.25, 0.3) is 0 Å². The fraction of sp³-hybridized carbons (Fsp3) is 0.167. The van der Waals surface area contributed by atoms with Crippen LogP contribution >= 0.6 is 0 Å². The normalized spacial score (nSPS) is 10.3. The summed E-state index contributed by atoms with van der Waals surface area (Å²) in [5.41, 5.74) is 1.66. The molecule has 16 heavy (non-hydrogen) atoms. The number of carbonyl (C=O) groups is 1. The molecule has 82 valence electrons. The van der Waals surface area contributed by atoms with Crippen molar-refractivity contribution < 1.29 is 9.53 Å². The summed E-state index contributed by atoms with van der Waals surface area (Å²) in [7, 11) is 1.49. The van der Waals surface area contributed by atoms with Gasteiger partial charge in [0.2, 0.25) is 5.91 Å². The molecule has 0 unspecified atom stereocenters. The van der Waals surface area contributed by atoms with E-state index in [1.807, 2.05) is 30.3 Å². The Balaban J connectivity index is 2.22. The number of pyridine rings is 1. The number of anilines is 1. The van der Waals surface area contributed by atoms with Gasteiger partial charge in [-0.05, 0) is 24.3 Å². The number of fused-ring (bicyclic) bond motifs is 1. The molecule has 0 fully saturated rings. The molecule has 2 rings (SSSR count). The average Bonchev–Trinajstić information content (AvgIpc) is 2.29. The first-order valence-electron chi connectivity index (χ1n) is 4.93. The number of hydrogen-bond acceptors (Lipinski definition) is 3. The zero-order valence-corrected chi connectivity index (χ0v) is 8.93. The smallest absolute Gasteiger partial charge is 0.250 e. The summed E-state index contributed by atoms with van der Waals surface area (Å²) in [4.78, 5) is 15.5. The van der Waals surface area contributed by atoms with Gasteiger partial charge in [0, 0.05) is 24.4 Å². The van der Waals surface area contributed by atoms with Crippen LogP contribution in [0.25, 0.3) is 10.9 Å². The lowest BCUT2D eigenvalue weighted by Gasteiger charge is -2.05. The van der Waals surface area contributed by atoms with Gasteiger partial charge in [0.05, 0.1) is 5.52 Å². The highest BCUT2D eigenvalue weighted by Crippen LogP contribution is 2.16. The van der Waals surface area contributed by atoms with E-state index in [1.165, 1.54) is 7.11 Å². The number of aromatic nitrogens is 1. The van der Waals surface area contributed by atoms with Crippen LogP contribution in [0.4, 0.5) is 5.69 Å². The summed E-state index contributed by atoms with van der Waals surface area (Å²) in [5.74, 6) is -0.161. The zero-order chi connectivity index (χ0) is 11.4. The maximum absolute atomic E-state index is 11.3. The highest BCUT2D eigenvalue weighted by atomic mass is 16.5. The molecular weight excluding hydrogens is 204 g/mol. The largest absolute Gasteiger partial charge is 0.375 e. The number of amides is 1. The van der Waals surface area contributed by atoms with Crippen molar-refractivity contribution in [2.24, 2.45) is 0 Å². The molecule has 0 saturated heterocycles. The Bertz CT molecular complexity index is 511. The van der Waals surface area contributed by atoms with E-state index >= 15 is 0 Å². The summed E-state index contributed by atoms with van der Waals surface area (Å²) in [6.45, 7) is 0.0606. The summed E-state index contributed by atoms with van der Waals surface area (Å²) >= 11 is 0. The monoisotopic (exact) mass is 216 g/mol. The molecular formula is C12H12N2O2. The third-order valence-electron chi connectivity index (χ3n) is 2.16. The molecule has 0 bridgehead atoms. The van der Waals surface area contributed by atoms with Crippen molar-refractivity contribution in [1.29, 1.82) is 0 Å². The molecule has 1 amide bonds. The Morgan fingerprint density at radius 3 is 3.12 bits per heavy atom. The first-order chi connectivity index (χ1) is 7.79. The molecule has 0 aliphatic heterocycles. The first kappa shape index (κ1) is 10.6. The molecule has 2 aromatic rings. The van der Waals surface area contributed by atoms with Gasteiger partial charge < -0.3 is 10.1 Å². The molecule has 0 aliphatic rings. The number of ether oxygens (including phenoxy) is 1. The maximum Gasteiger partial charge on any atom is 0.250 e. The highest BCUT2D eigenvalue weighted by Gasteiger charge is 2.02. The summed E-state index contributed by atoms with van der Waals surface area (Å²) in [6, 6.07) is 9.40. The van der Waals surface area contributed by atoms with Crippen LogP contribution in [0.3, 0.4) is 0 Å². The number of hydrogen-bond donors (Lipinski definition) is 1. The van der Waals surface area contributed by atoms with Gasteiger partial charge in [-0.15, -0.1) is 0 Å². The van der Waals surface area contributed by atoms with Crippen molar-refractivity contribution in [1.82, 2.24) is 4.98 Å². The molecule has 0 aliphatic carbocycles. The van der Waals surface area contributed by atoms with Gasteiger partial charge in [-0.1, -0.05) is 6.07 Å². The van der Waals surface area contributed by atoms with Gasteiger partial charge in [-0.25, -0.2) is 0 Å². The molecule has 1 aromatic heterocycles. The SMILES string of the molecule is COCC(=O)Nc1ccc2ncccc2c1. The van der Waals surface area contributed by atoms with Gasteiger partial charge in [-0.3, -0.25) is 9.78 Å². The van der Waals surface area contributed by atoms with E-state index in [0.717, 1.165) is 16.6 Å². The van der Waals surface area contributed by atoms with Gasteiger partial charge in [0.15, 0.2) is 0 Å². The third-order valence-corrected chi connectivity index (χ3v) is 2.16. The second kappa shape index (κ2) is 4.72. The minimum absolute atomic E-state index is 0.0606. The Labute approximate surface area is 93.3 Å². The van der Waals surface area contributed by atoms with E-state index in [4.69, 9.17) is 4.74 Å². The molecule has 0 radical (unpaired) electrons. The van der Waals surface area contributed by atoms with Crippen LogP contribution in [-0.2, 0) is 9.53 Å². The Morgan fingerprint density at radius 2 is 2.31 bits per heavy atom. The van der Waals surface area contributed by atoms with Crippen LogP contribution < -0.4 is 5.32 Å². The summed E-state index contributed by atoms with van der Waals surface area (Å²) in [5, 5.41) is 3.74. The van der Waals surface area contributed by atoms with Crippen molar-refractivity contribution >= 4 is 22.5 Å². The van der Waals surface area contributed by atoms with E-state index in [0.29, 0.717) is 0 Å². The van der Waals surface area contributed by atoms with Crippen molar-refractivity contribution in [3.8, 4) is 0 Å². The second-order valence-electron chi connectivity index (χ2n) is 3.39. The fourth-order valence-corrected chi connectivity index (χ4v) is 1.48. The topological polar surface area (TPSA) is 51.2 Å². The fourth-order valence-electron chi connectivity index (χ4n) is 1.48. The Kier molecular flexibility index (Phi) is 3.12. The number of methoxy groups -OCH3 is 1. The molecule has 0 spiro atoms. The average molecular weight is 216 g/mol. The summed E-state index contributed by atoms with van der Waals surface area (Å²) < 4.78 is 4.74. The molecule has 0 saturated carbocycles. The zero-order valence-electron chi connectivity index (χ0n) is 8.93. The van der Waals surface area contributed by atoms with Crippen LogP contribution in [-0.4, -0.2) is 24.6 Å². The quantitative estimate of drug-likeness (QED) is 0.851. The molecule has 4 heteroatoms. The standard InChI is InChI=1S/C12H12N2O2/c1-16-8-12(15)14-10-4-5-11-9(7-10)3-2-6-13-11/h2-7H,8H2,1H3,(H,14,15). The minimum atomic E-state index is -0.161. The van der Waals surface area contributed by atoms with Gasteiger partial charge in [0.1, 0.15) is 6.61 Å². The van der Waals surface area contributed by atoms with E-state index in [2.05, 4.69) is 10.3 Å². The number of carbonyl (C=O) groups excluding carboxylic acids is 1. The van der Waals surface area contributed by atoms with Crippen molar-refractivity contribution in [3.05, 3.63) is 36.5 Å². The lowest BCUT2D eigenvalue weighted by Crippen LogP contribution is -2.16. The predicted octanol–water partition coefficient (Wildman–Crippen LogP) is 1.82. The number of benzene rings is 1. The molecule has 1 N–H and O–H groups in total. The predicted molar refractivity (Wildman–Crippen MR) is 62.2 cm³/mol. The lowest BCUT2D eigenvalue weighted by atomic mass is 10.2. The van der Waals surface area contributed by atoms with E-state index in [1.54, 1.807) is 6.20 Å². The minimum Gasteiger partial charge on any atom is -0.375 e. The van der Waals surface area contributed by atoms with Crippen LogP contribution in [0.2, 0.25) is 0 Å². The summed E-state index contributed by atoms with van der Waals surface area (Å²) in [6.07, 6.45) is 1.74. The lowest BCUT2D eigenvalue weighted by molar-refractivity contribution is -0.119. The van der Waals surface area contributed by atoms with Crippen molar-refractivity contribution in [3.63, 3.8) is 0 Å². The molecule has 4 nitrogen and oxygen atoms in total. The van der Waals surface area contributed by atoms with E-state index in [9.17, 15) is 4.79 Å². The molecule has 1 heterocycles. The first-order valence-corrected chi connectivity index (χ1v) is 4.93. The van der Waals surface area contributed by atoms with Crippen molar-refractivity contribution in [2.45, 2.75) is 0 Å². The van der Waals surface area contributed by atoms with E-state index in [-0.39, 0.29) is 12.5 Å². The third kappa shape index (κ3) is 2.35. The van der Waals surface area contributed by atoms with Crippen LogP contribution in [0, 0.1) is 0 Å². The number of rotatable bonds is 3. The Hall–Kier alpha value is -1.94. The number of nitrogens with one attached hydrogen (secondary N) is 1. The van der Waals surface area contributed by atoms with Gasteiger partial charge >= 0.3 is 0 Å². The van der Waals surface area contributed by atoms with E-state index < -0.39 is 0 Å². The van der Waals surface area contributed by atoms with Gasteiger partial charge in [-0.2, -0.15) is 0 Å². The van der Waals surface area contributed by atoms with Crippen LogP contribution in [0.15, 0.2) is 36.5 Å². The van der Waals surface area contributed by atoms with Crippen molar-refractivity contribution in [2.75, 3.05) is 19.0 Å².